The number of hydrogen-bond donors (Lipinski definition) is 2. The van der Waals surface area contributed by atoms with E-state index in [0.717, 1.165) is 0 Å². The summed E-state index contributed by atoms with van der Waals surface area (Å²) in [5, 5.41) is 0. The first-order chi connectivity index (χ1) is 1.73. The molecule has 7 heteroatoms. The van der Waals surface area contributed by atoms with Crippen LogP contribution in [-0.2, 0) is 11.4 Å². The van der Waals surface area contributed by atoms with Gasteiger partial charge in [0, 0.05) is 0 Å². The molecule has 0 unspecified atom stereocenters. The van der Waals surface area contributed by atoms with Crippen molar-refractivity contribution in [1.29, 1.82) is 0 Å². The molecular formula is H6Na2O4S. The monoisotopic (exact) mass is 148 g/mol. The first kappa shape index (κ1) is 23.0. The molecule has 4 N–H and O–H groups in total. The van der Waals surface area contributed by atoms with Crippen molar-refractivity contribution in [2.45, 2.75) is 0 Å². The molecule has 0 radical (unpaired) electrons. The Hall–Kier alpha value is 2.03. The summed E-state index contributed by atoms with van der Waals surface area (Å²) in [6.45, 7) is 0. The van der Waals surface area contributed by atoms with Crippen LogP contribution in [0.25, 0.3) is 0 Å². The Morgan fingerprint density at radius 2 is 1.29 bits per heavy atom. The van der Waals surface area contributed by atoms with Gasteiger partial charge in [-0.05, 0) is 0 Å². The Morgan fingerprint density at radius 1 is 1.29 bits per heavy atom. The van der Waals surface area contributed by atoms with Crippen molar-refractivity contribution in [2.24, 2.45) is 0 Å². The summed E-state index contributed by atoms with van der Waals surface area (Å²) in [6.07, 6.45) is 0. The minimum Gasteiger partial charge on any atom is -1.00 e. The SMILES string of the molecule is O.O=S(O)O.[H-].[H-].[Na+].[Na+]. The molecule has 4 nitrogen and oxygen atoms in total. The van der Waals surface area contributed by atoms with Gasteiger partial charge in [0.25, 0.3) is 11.4 Å². The molecule has 0 aliphatic heterocycles. The van der Waals surface area contributed by atoms with Gasteiger partial charge in [0.2, 0.25) is 0 Å². The van der Waals surface area contributed by atoms with Gasteiger partial charge in [-0.15, -0.1) is 0 Å². The van der Waals surface area contributed by atoms with E-state index in [9.17, 15) is 0 Å². The van der Waals surface area contributed by atoms with Gasteiger partial charge >= 0.3 is 59.1 Å². The normalized spacial score (nSPS) is 5.00. The first-order valence-corrected chi connectivity index (χ1v) is 1.60. The summed E-state index contributed by atoms with van der Waals surface area (Å²) in [7, 11) is 0. The Morgan fingerprint density at radius 3 is 1.29 bits per heavy atom. The van der Waals surface area contributed by atoms with Crippen LogP contribution in [0.5, 0.6) is 0 Å². The largest absolute Gasteiger partial charge is 1.00 e. The summed E-state index contributed by atoms with van der Waals surface area (Å²) >= 11 is -2.61. The summed E-state index contributed by atoms with van der Waals surface area (Å²) in [5.74, 6) is 0. The Labute approximate surface area is 91.0 Å². The second-order valence-corrected chi connectivity index (χ2v) is 0.692. The maximum absolute atomic E-state index is 8.67. The quantitative estimate of drug-likeness (QED) is 0.264. The van der Waals surface area contributed by atoms with E-state index in [-0.39, 0.29) is 67.4 Å². The van der Waals surface area contributed by atoms with E-state index in [4.69, 9.17) is 13.3 Å². The van der Waals surface area contributed by atoms with Crippen molar-refractivity contribution in [2.75, 3.05) is 0 Å². The van der Waals surface area contributed by atoms with Gasteiger partial charge in [0.1, 0.15) is 0 Å². The molecule has 0 aromatic heterocycles. The van der Waals surface area contributed by atoms with Crippen molar-refractivity contribution < 1.29 is 80.8 Å². The molecule has 0 amide bonds. The molecular weight excluding hydrogens is 142 g/mol. The van der Waals surface area contributed by atoms with Crippen LogP contribution >= 0.6 is 0 Å². The first-order valence-electron chi connectivity index (χ1n) is 0.532. The van der Waals surface area contributed by atoms with E-state index in [1.165, 1.54) is 0 Å². The van der Waals surface area contributed by atoms with Crippen LogP contribution in [0, 0.1) is 0 Å². The average molecular weight is 148 g/mol. The zero-order valence-corrected chi connectivity index (χ0v) is 9.03. The molecule has 7 heavy (non-hydrogen) atoms. The van der Waals surface area contributed by atoms with Crippen LogP contribution in [0.3, 0.4) is 0 Å². The molecule has 0 aliphatic rings. The number of rotatable bonds is 0. The molecule has 0 saturated heterocycles. The third-order valence-electron chi connectivity index (χ3n) is 0. The molecule has 0 fully saturated rings. The van der Waals surface area contributed by atoms with Crippen LogP contribution in [0.1, 0.15) is 2.85 Å². The van der Waals surface area contributed by atoms with E-state index in [0.29, 0.717) is 0 Å². The third kappa shape index (κ3) is 70.9. The third-order valence-corrected chi connectivity index (χ3v) is 0. The molecule has 0 bridgehead atoms. The minimum atomic E-state index is -2.61. The van der Waals surface area contributed by atoms with Crippen LogP contribution in [-0.4, -0.2) is 18.8 Å². The van der Waals surface area contributed by atoms with Crippen molar-refractivity contribution in [3.63, 3.8) is 0 Å². The van der Waals surface area contributed by atoms with E-state index >= 15 is 0 Å². The smallest absolute Gasteiger partial charge is 1.00 e. The second-order valence-electron chi connectivity index (χ2n) is 0.231. The molecule has 0 aromatic rings. The molecule has 0 heterocycles. The zero-order chi connectivity index (χ0) is 3.58. The summed E-state index contributed by atoms with van der Waals surface area (Å²) in [4.78, 5) is 0. The molecule has 38 valence electrons. The van der Waals surface area contributed by atoms with Gasteiger partial charge in [0.05, 0.1) is 0 Å². The Balaban J connectivity index is -0.00000000450. The Kier molecular flexibility index (Phi) is 51.6. The minimum absolute atomic E-state index is 0. The van der Waals surface area contributed by atoms with Gasteiger partial charge < -0.3 is 8.33 Å². The average Bonchev–Trinajstić information content (AvgIpc) is 0.811. The van der Waals surface area contributed by atoms with Crippen molar-refractivity contribution in [3.8, 4) is 0 Å². The molecule has 0 spiro atoms. The molecule has 0 aromatic carbocycles. The topological polar surface area (TPSA) is 89.0 Å². The van der Waals surface area contributed by atoms with Crippen molar-refractivity contribution in [3.05, 3.63) is 0 Å². The fourth-order valence-corrected chi connectivity index (χ4v) is 0. The molecule has 0 rings (SSSR count). The zero-order valence-electron chi connectivity index (χ0n) is 6.21. The summed E-state index contributed by atoms with van der Waals surface area (Å²) in [6, 6.07) is 0. The van der Waals surface area contributed by atoms with E-state index < -0.39 is 11.4 Å². The van der Waals surface area contributed by atoms with Gasteiger partial charge in [-0.3, -0.25) is 9.11 Å². The standard InChI is InChI=1S/2Na.H2O3S.H2O.2H/c;;1-4(2)3;;;/h;;(H2,1,2,3);1H2;;/q2*+1;;;2*-1. The van der Waals surface area contributed by atoms with Crippen LogP contribution in [0.2, 0.25) is 0 Å². The predicted octanol–water partition coefficient (Wildman–Crippen LogP) is -6.91. The van der Waals surface area contributed by atoms with E-state index in [1.54, 1.807) is 0 Å². The van der Waals surface area contributed by atoms with Gasteiger partial charge in [-0.1, -0.05) is 0 Å². The van der Waals surface area contributed by atoms with E-state index in [1.807, 2.05) is 0 Å². The molecule has 0 aliphatic carbocycles. The van der Waals surface area contributed by atoms with Crippen LogP contribution in [0.4, 0.5) is 0 Å². The van der Waals surface area contributed by atoms with Crippen LogP contribution in [0.15, 0.2) is 0 Å². The van der Waals surface area contributed by atoms with Gasteiger partial charge in [0.15, 0.2) is 0 Å². The fourth-order valence-electron chi connectivity index (χ4n) is 0. The Bertz CT molecular complexity index is 39.5. The maximum Gasteiger partial charge on any atom is 1.00 e. The van der Waals surface area contributed by atoms with Crippen molar-refractivity contribution in [1.82, 2.24) is 0 Å². The fraction of sp³-hybridized carbons (Fsp3) is 0. The summed E-state index contributed by atoms with van der Waals surface area (Å²) < 4.78 is 22.8. The van der Waals surface area contributed by atoms with E-state index in [2.05, 4.69) is 0 Å². The van der Waals surface area contributed by atoms with Gasteiger partial charge in [-0.2, -0.15) is 4.21 Å². The van der Waals surface area contributed by atoms with Gasteiger partial charge in [-0.25, -0.2) is 0 Å². The van der Waals surface area contributed by atoms with Crippen molar-refractivity contribution >= 4 is 11.4 Å². The predicted molar refractivity (Wildman–Crippen MR) is 19.2 cm³/mol. The molecule has 0 saturated carbocycles. The summed E-state index contributed by atoms with van der Waals surface area (Å²) in [5.41, 5.74) is 0. The van der Waals surface area contributed by atoms with Crippen LogP contribution < -0.4 is 59.1 Å². The number of hydrogen-bond acceptors (Lipinski definition) is 1. The maximum atomic E-state index is 8.67. The molecule has 0 atom stereocenters. The second kappa shape index (κ2) is 15.7.